The fourth-order valence-electron chi connectivity index (χ4n) is 3.35. The Morgan fingerprint density at radius 3 is 2.77 bits per heavy atom. The van der Waals surface area contributed by atoms with Crippen LogP contribution in [0.25, 0.3) is 11.2 Å². The first-order valence-electron chi connectivity index (χ1n) is 8.75. The zero-order valence-electron chi connectivity index (χ0n) is 14.9. The highest BCUT2D eigenvalue weighted by molar-refractivity contribution is 6.04. The van der Waals surface area contributed by atoms with Gasteiger partial charge in [-0.25, -0.2) is 9.97 Å². The van der Waals surface area contributed by atoms with Crippen molar-refractivity contribution in [3.8, 4) is 0 Å². The number of carbonyl (C=O) groups is 1. The van der Waals surface area contributed by atoms with Crippen molar-refractivity contribution in [3.05, 3.63) is 42.0 Å². The molecule has 4 rings (SSSR count). The van der Waals surface area contributed by atoms with Crippen molar-refractivity contribution >= 4 is 22.9 Å². The minimum absolute atomic E-state index is 0.0894. The zero-order valence-corrected chi connectivity index (χ0v) is 14.9. The number of carbonyl (C=O) groups excluding carboxylic acids is 1. The van der Waals surface area contributed by atoms with E-state index in [-0.39, 0.29) is 11.9 Å². The maximum atomic E-state index is 12.8. The summed E-state index contributed by atoms with van der Waals surface area (Å²) in [5, 5.41) is 11.2. The number of aromatic nitrogens is 5. The predicted molar refractivity (Wildman–Crippen MR) is 98.0 cm³/mol. The summed E-state index contributed by atoms with van der Waals surface area (Å²) in [7, 11) is 1.90. The number of anilines is 1. The van der Waals surface area contributed by atoms with Crippen molar-refractivity contribution in [3.63, 3.8) is 0 Å². The maximum Gasteiger partial charge on any atom is 0.253 e. The second-order valence-electron chi connectivity index (χ2n) is 6.57. The number of pyridine rings is 1. The Bertz CT molecular complexity index is 929. The molecule has 0 aromatic carbocycles. The second kappa shape index (κ2) is 6.70. The highest BCUT2D eigenvalue weighted by Crippen LogP contribution is 2.19. The third kappa shape index (κ3) is 2.98. The molecule has 1 N–H and O–H groups in total. The van der Waals surface area contributed by atoms with Crippen LogP contribution in [-0.4, -0.2) is 49.8 Å². The summed E-state index contributed by atoms with van der Waals surface area (Å²) in [6, 6.07) is 5.73. The largest absolute Gasteiger partial charge is 0.355 e. The molecule has 0 aliphatic carbocycles. The molecule has 1 aliphatic heterocycles. The quantitative estimate of drug-likeness (QED) is 0.769. The van der Waals surface area contributed by atoms with Crippen LogP contribution in [0.5, 0.6) is 0 Å². The van der Waals surface area contributed by atoms with Crippen LogP contribution in [0.4, 0.5) is 5.82 Å². The van der Waals surface area contributed by atoms with Crippen LogP contribution < -0.4 is 10.2 Å². The molecule has 1 aliphatic rings. The number of nitrogens with zero attached hydrogens (tertiary/aromatic N) is 6. The van der Waals surface area contributed by atoms with E-state index in [0.717, 1.165) is 43.2 Å². The van der Waals surface area contributed by atoms with Crippen LogP contribution in [-0.2, 0) is 7.05 Å². The molecule has 0 radical (unpaired) electrons. The highest BCUT2D eigenvalue weighted by Gasteiger charge is 2.23. The molecule has 3 aromatic heterocycles. The Labute approximate surface area is 151 Å². The molecule has 134 valence electrons. The molecule has 1 fully saturated rings. The Kier molecular flexibility index (Phi) is 4.24. The average molecular weight is 351 g/mol. The number of hydrogen-bond acceptors (Lipinski definition) is 6. The zero-order chi connectivity index (χ0) is 18.1. The van der Waals surface area contributed by atoms with Gasteiger partial charge in [0.25, 0.3) is 5.91 Å². The molecule has 0 unspecified atom stereocenters. The lowest BCUT2D eigenvalue weighted by Gasteiger charge is -2.32. The van der Waals surface area contributed by atoms with Gasteiger partial charge in [-0.05, 0) is 38.0 Å². The van der Waals surface area contributed by atoms with Gasteiger partial charge in [0.05, 0.1) is 5.56 Å². The first-order valence-corrected chi connectivity index (χ1v) is 8.75. The lowest BCUT2D eigenvalue weighted by Crippen LogP contribution is -2.45. The van der Waals surface area contributed by atoms with Gasteiger partial charge in [0, 0.05) is 38.6 Å². The summed E-state index contributed by atoms with van der Waals surface area (Å²) in [5.74, 6) is 1.63. The number of imidazole rings is 1. The van der Waals surface area contributed by atoms with Gasteiger partial charge in [-0.3, -0.25) is 4.79 Å². The van der Waals surface area contributed by atoms with Crippen molar-refractivity contribution in [1.29, 1.82) is 0 Å². The van der Waals surface area contributed by atoms with Crippen LogP contribution in [0, 0.1) is 6.92 Å². The molecule has 26 heavy (non-hydrogen) atoms. The second-order valence-corrected chi connectivity index (χ2v) is 6.57. The summed E-state index contributed by atoms with van der Waals surface area (Å²) in [5.41, 5.74) is 1.96. The van der Waals surface area contributed by atoms with Gasteiger partial charge in [-0.1, -0.05) is 0 Å². The molecule has 0 bridgehead atoms. The smallest absolute Gasteiger partial charge is 0.253 e. The number of amides is 1. The molecule has 8 nitrogen and oxygen atoms in total. The van der Waals surface area contributed by atoms with Gasteiger partial charge < -0.3 is 14.8 Å². The normalized spacial score (nSPS) is 15.4. The van der Waals surface area contributed by atoms with Gasteiger partial charge in [0.1, 0.15) is 11.3 Å². The van der Waals surface area contributed by atoms with E-state index in [1.807, 2.05) is 30.7 Å². The Morgan fingerprint density at radius 1 is 1.23 bits per heavy atom. The number of aryl methyl sites for hydroxylation is 2. The molecular weight excluding hydrogens is 330 g/mol. The van der Waals surface area contributed by atoms with E-state index < -0.39 is 0 Å². The molecule has 1 saturated heterocycles. The van der Waals surface area contributed by atoms with Gasteiger partial charge >= 0.3 is 0 Å². The molecule has 0 atom stereocenters. The van der Waals surface area contributed by atoms with Gasteiger partial charge in [-0.15, -0.1) is 5.10 Å². The van der Waals surface area contributed by atoms with Gasteiger partial charge in [-0.2, -0.15) is 5.10 Å². The Morgan fingerprint density at radius 2 is 2.04 bits per heavy atom. The first-order chi connectivity index (χ1) is 12.6. The number of nitrogens with one attached hydrogen (secondary N) is 1. The van der Waals surface area contributed by atoms with Gasteiger partial charge in [0.15, 0.2) is 11.5 Å². The van der Waals surface area contributed by atoms with E-state index in [1.54, 1.807) is 18.5 Å². The first kappa shape index (κ1) is 16.4. The summed E-state index contributed by atoms with van der Waals surface area (Å²) in [6.07, 6.45) is 5.08. The van der Waals surface area contributed by atoms with Crippen molar-refractivity contribution < 1.29 is 4.79 Å². The predicted octanol–water partition coefficient (Wildman–Crippen LogP) is 1.47. The molecule has 1 amide bonds. The monoisotopic (exact) mass is 351 g/mol. The van der Waals surface area contributed by atoms with E-state index in [2.05, 4.69) is 30.4 Å². The van der Waals surface area contributed by atoms with Crippen LogP contribution in [0.1, 0.15) is 29.0 Å². The third-order valence-electron chi connectivity index (χ3n) is 4.94. The summed E-state index contributed by atoms with van der Waals surface area (Å²) in [4.78, 5) is 23.8. The summed E-state index contributed by atoms with van der Waals surface area (Å²) >= 11 is 0. The molecule has 4 heterocycles. The van der Waals surface area contributed by atoms with E-state index in [4.69, 9.17) is 0 Å². The molecule has 0 spiro atoms. The summed E-state index contributed by atoms with van der Waals surface area (Å²) in [6.45, 7) is 3.60. The molecular formula is C18H21N7O. The van der Waals surface area contributed by atoms with Crippen molar-refractivity contribution in [1.82, 2.24) is 30.0 Å². The lowest BCUT2D eigenvalue weighted by molar-refractivity contribution is 0.0932. The number of hydrogen-bond donors (Lipinski definition) is 1. The van der Waals surface area contributed by atoms with E-state index >= 15 is 0 Å². The number of rotatable bonds is 3. The average Bonchev–Trinajstić information content (AvgIpc) is 2.97. The highest BCUT2D eigenvalue weighted by atomic mass is 16.1. The van der Waals surface area contributed by atoms with E-state index in [0.29, 0.717) is 11.1 Å². The van der Waals surface area contributed by atoms with Crippen molar-refractivity contribution in [2.24, 2.45) is 7.05 Å². The van der Waals surface area contributed by atoms with E-state index in [1.165, 1.54) is 0 Å². The molecule has 0 saturated carbocycles. The standard InChI is InChI=1S/C18H21N7O/c1-12-21-16-14(5-9-19-17(16)24(12)2)18(26)22-13-6-10-25(11-7-13)15-4-3-8-20-23-15/h3-5,8-9,13H,6-7,10-11H2,1-2H3,(H,22,26). The third-order valence-corrected chi connectivity index (χ3v) is 4.94. The SMILES string of the molecule is Cc1nc2c(C(=O)NC3CCN(c4cccnn4)CC3)ccnc2n1C. The van der Waals surface area contributed by atoms with Crippen molar-refractivity contribution in [2.75, 3.05) is 18.0 Å². The fourth-order valence-corrected chi connectivity index (χ4v) is 3.35. The maximum absolute atomic E-state index is 12.8. The van der Waals surface area contributed by atoms with Crippen LogP contribution in [0.3, 0.4) is 0 Å². The Hall–Kier alpha value is -3.03. The van der Waals surface area contributed by atoms with E-state index in [9.17, 15) is 4.79 Å². The Balaban J connectivity index is 1.44. The van der Waals surface area contributed by atoms with Gasteiger partial charge in [0.2, 0.25) is 0 Å². The van der Waals surface area contributed by atoms with Crippen LogP contribution in [0.2, 0.25) is 0 Å². The minimum Gasteiger partial charge on any atom is -0.355 e. The topological polar surface area (TPSA) is 88.8 Å². The summed E-state index contributed by atoms with van der Waals surface area (Å²) < 4.78 is 1.89. The number of piperidine rings is 1. The number of fused-ring (bicyclic) bond motifs is 1. The van der Waals surface area contributed by atoms with Crippen molar-refractivity contribution in [2.45, 2.75) is 25.8 Å². The van der Waals surface area contributed by atoms with Crippen LogP contribution in [0.15, 0.2) is 30.6 Å². The lowest BCUT2D eigenvalue weighted by atomic mass is 10.0. The van der Waals surface area contributed by atoms with Crippen LogP contribution >= 0.6 is 0 Å². The molecule has 8 heteroatoms. The fraction of sp³-hybridized carbons (Fsp3) is 0.389. The minimum atomic E-state index is -0.0894. The molecule has 3 aromatic rings.